The Morgan fingerprint density at radius 2 is 2.00 bits per heavy atom. The first kappa shape index (κ1) is 14.8. The second-order valence-corrected chi connectivity index (χ2v) is 3.67. The highest BCUT2D eigenvalue weighted by Gasteiger charge is 2.10. The molecule has 0 aromatic heterocycles. The molecule has 0 unspecified atom stereocenters. The van der Waals surface area contributed by atoms with Gasteiger partial charge >= 0.3 is 11.9 Å². The number of ether oxygens (including phenoxy) is 3. The predicted octanol–water partition coefficient (Wildman–Crippen LogP) is 1.46. The lowest BCUT2D eigenvalue weighted by Gasteiger charge is -2.12. The first-order valence-electron chi connectivity index (χ1n) is 5.72. The van der Waals surface area contributed by atoms with Crippen molar-refractivity contribution in [1.82, 2.24) is 0 Å². The van der Waals surface area contributed by atoms with Crippen LogP contribution in [0.2, 0.25) is 0 Å². The van der Waals surface area contributed by atoms with Gasteiger partial charge in [0.25, 0.3) is 0 Å². The molecule has 1 rings (SSSR count). The third kappa shape index (κ3) is 4.50. The fourth-order valence-electron chi connectivity index (χ4n) is 1.47. The lowest BCUT2D eigenvalue weighted by atomic mass is 10.2. The molecule has 6 nitrogen and oxygen atoms in total. The van der Waals surface area contributed by atoms with Crippen LogP contribution in [0.5, 0.6) is 5.75 Å². The third-order valence-corrected chi connectivity index (χ3v) is 2.34. The Bertz CT molecular complexity index is 458. The van der Waals surface area contributed by atoms with Crippen molar-refractivity contribution in [3.8, 4) is 5.75 Å². The molecule has 0 aliphatic rings. The zero-order chi connectivity index (χ0) is 14.3. The van der Waals surface area contributed by atoms with E-state index in [0.717, 1.165) is 0 Å². The van der Waals surface area contributed by atoms with Crippen LogP contribution in [0.1, 0.15) is 17.3 Å². The summed E-state index contributed by atoms with van der Waals surface area (Å²) in [6.07, 6.45) is 0. The van der Waals surface area contributed by atoms with Crippen LogP contribution < -0.4 is 10.1 Å². The number of carbonyl (C=O) groups excluding carboxylic acids is 2. The summed E-state index contributed by atoms with van der Waals surface area (Å²) in [5.41, 5.74) is 1.05. The highest BCUT2D eigenvalue weighted by Crippen LogP contribution is 2.25. The molecule has 1 aromatic carbocycles. The van der Waals surface area contributed by atoms with Gasteiger partial charge in [-0.1, -0.05) is 0 Å². The van der Waals surface area contributed by atoms with E-state index in [9.17, 15) is 9.59 Å². The molecule has 0 saturated carbocycles. The molecule has 1 N–H and O–H groups in total. The summed E-state index contributed by atoms with van der Waals surface area (Å²) in [6.45, 7) is 2.00. The fraction of sp³-hybridized carbons (Fsp3) is 0.385. The van der Waals surface area contributed by atoms with E-state index < -0.39 is 5.97 Å². The molecular formula is C13H17NO5. The van der Waals surface area contributed by atoms with Crippen LogP contribution in [0, 0.1) is 0 Å². The van der Waals surface area contributed by atoms with Crippen LogP contribution in [0.3, 0.4) is 0 Å². The summed E-state index contributed by atoms with van der Waals surface area (Å²) in [4.78, 5) is 22.0. The maximum Gasteiger partial charge on any atom is 0.337 e. The SMILES string of the molecule is COC(=O)c1ccc(OC)c(NCCOC(C)=O)c1. The van der Waals surface area contributed by atoms with E-state index in [4.69, 9.17) is 9.47 Å². The van der Waals surface area contributed by atoms with Crippen LogP contribution in [-0.2, 0) is 14.3 Å². The van der Waals surface area contributed by atoms with E-state index in [1.807, 2.05) is 0 Å². The summed E-state index contributed by atoms with van der Waals surface area (Å²) in [7, 11) is 2.85. The Hall–Kier alpha value is -2.24. The number of hydrogen-bond acceptors (Lipinski definition) is 6. The Balaban J connectivity index is 2.73. The number of hydrogen-bond donors (Lipinski definition) is 1. The second-order valence-electron chi connectivity index (χ2n) is 3.67. The van der Waals surface area contributed by atoms with E-state index in [1.165, 1.54) is 21.1 Å². The molecule has 1 aromatic rings. The van der Waals surface area contributed by atoms with Crippen LogP contribution in [-0.4, -0.2) is 39.3 Å². The quantitative estimate of drug-likeness (QED) is 0.621. The number of rotatable bonds is 6. The maximum atomic E-state index is 11.4. The third-order valence-electron chi connectivity index (χ3n) is 2.34. The van der Waals surface area contributed by atoms with Gasteiger partial charge < -0.3 is 19.5 Å². The number of methoxy groups -OCH3 is 2. The first-order chi connectivity index (χ1) is 9.08. The monoisotopic (exact) mass is 267 g/mol. The molecule has 0 heterocycles. The van der Waals surface area contributed by atoms with Gasteiger partial charge in [-0.25, -0.2) is 4.79 Å². The van der Waals surface area contributed by atoms with E-state index in [0.29, 0.717) is 23.5 Å². The summed E-state index contributed by atoms with van der Waals surface area (Å²) in [5.74, 6) is -0.168. The van der Waals surface area contributed by atoms with Crippen LogP contribution in [0.4, 0.5) is 5.69 Å². The van der Waals surface area contributed by atoms with Crippen molar-refractivity contribution in [2.75, 3.05) is 32.7 Å². The molecule has 0 spiro atoms. The lowest BCUT2D eigenvalue weighted by Crippen LogP contribution is -2.13. The number of carbonyl (C=O) groups is 2. The second kappa shape index (κ2) is 7.25. The summed E-state index contributed by atoms with van der Waals surface area (Å²) in [5, 5.41) is 3.03. The highest BCUT2D eigenvalue weighted by molar-refractivity contribution is 5.91. The van der Waals surface area contributed by atoms with Crippen LogP contribution in [0.15, 0.2) is 18.2 Å². The molecule has 0 fully saturated rings. The molecular weight excluding hydrogens is 250 g/mol. The molecule has 0 amide bonds. The Morgan fingerprint density at radius 1 is 1.26 bits per heavy atom. The average Bonchev–Trinajstić information content (AvgIpc) is 2.42. The van der Waals surface area contributed by atoms with Gasteiger partial charge in [-0.15, -0.1) is 0 Å². The van der Waals surface area contributed by atoms with Crippen molar-refractivity contribution in [3.63, 3.8) is 0 Å². The summed E-state index contributed by atoms with van der Waals surface area (Å²) >= 11 is 0. The lowest BCUT2D eigenvalue weighted by molar-refractivity contribution is -0.140. The van der Waals surface area contributed by atoms with Crippen molar-refractivity contribution >= 4 is 17.6 Å². The zero-order valence-electron chi connectivity index (χ0n) is 11.2. The standard InChI is InChI=1S/C13H17NO5/c1-9(15)19-7-6-14-11-8-10(13(16)18-3)4-5-12(11)17-2/h4-5,8,14H,6-7H2,1-3H3. The molecule has 0 aliphatic heterocycles. The van der Waals surface area contributed by atoms with Crippen molar-refractivity contribution in [2.45, 2.75) is 6.92 Å². The van der Waals surface area contributed by atoms with Crippen molar-refractivity contribution in [3.05, 3.63) is 23.8 Å². The van der Waals surface area contributed by atoms with Gasteiger partial charge in [0.1, 0.15) is 12.4 Å². The van der Waals surface area contributed by atoms with E-state index in [2.05, 4.69) is 10.1 Å². The van der Waals surface area contributed by atoms with Gasteiger partial charge in [-0.3, -0.25) is 4.79 Å². The van der Waals surface area contributed by atoms with Crippen molar-refractivity contribution < 1.29 is 23.8 Å². The fourth-order valence-corrected chi connectivity index (χ4v) is 1.47. The molecule has 0 aliphatic carbocycles. The van der Waals surface area contributed by atoms with Gasteiger partial charge in [0, 0.05) is 13.5 Å². The minimum absolute atomic E-state index is 0.237. The van der Waals surface area contributed by atoms with Gasteiger partial charge in [0.05, 0.1) is 25.5 Å². The number of nitrogens with one attached hydrogen (secondary N) is 1. The normalized spacial score (nSPS) is 9.63. The van der Waals surface area contributed by atoms with E-state index in [-0.39, 0.29) is 12.6 Å². The van der Waals surface area contributed by atoms with E-state index >= 15 is 0 Å². The summed E-state index contributed by atoms with van der Waals surface area (Å²) < 4.78 is 14.6. The largest absolute Gasteiger partial charge is 0.495 e. The van der Waals surface area contributed by atoms with Gasteiger partial charge in [-0.2, -0.15) is 0 Å². The topological polar surface area (TPSA) is 73.9 Å². The maximum absolute atomic E-state index is 11.4. The summed E-state index contributed by atoms with van der Waals surface area (Å²) in [6, 6.07) is 4.90. The minimum atomic E-state index is -0.425. The zero-order valence-corrected chi connectivity index (χ0v) is 11.2. The van der Waals surface area contributed by atoms with Crippen LogP contribution in [0.25, 0.3) is 0 Å². The molecule has 0 radical (unpaired) electrons. The van der Waals surface area contributed by atoms with E-state index in [1.54, 1.807) is 18.2 Å². The number of benzene rings is 1. The Kier molecular flexibility index (Phi) is 5.66. The molecule has 0 atom stereocenters. The highest BCUT2D eigenvalue weighted by atomic mass is 16.5. The van der Waals surface area contributed by atoms with Crippen molar-refractivity contribution in [2.24, 2.45) is 0 Å². The smallest absolute Gasteiger partial charge is 0.337 e. The number of esters is 2. The molecule has 19 heavy (non-hydrogen) atoms. The number of anilines is 1. The van der Waals surface area contributed by atoms with Gasteiger partial charge in [0.2, 0.25) is 0 Å². The van der Waals surface area contributed by atoms with Gasteiger partial charge in [-0.05, 0) is 18.2 Å². The minimum Gasteiger partial charge on any atom is -0.495 e. The van der Waals surface area contributed by atoms with Gasteiger partial charge in [0.15, 0.2) is 0 Å². The van der Waals surface area contributed by atoms with Crippen molar-refractivity contribution in [1.29, 1.82) is 0 Å². The Labute approximate surface area is 111 Å². The Morgan fingerprint density at radius 3 is 2.58 bits per heavy atom. The average molecular weight is 267 g/mol. The molecule has 104 valence electrons. The molecule has 0 bridgehead atoms. The molecule has 6 heteroatoms. The first-order valence-corrected chi connectivity index (χ1v) is 5.72. The predicted molar refractivity (Wildman–Crippen MR) is 69.5 cm³/mol. The molecule has 0 saturated heterocycles. The van der Waals surface area contributed by atoms with Crippen LogP contribution >= 0.6 is 0 Å².